The quantitative estimate of drug-likeness (QED) is 0.751. The van der Waals surface area contributed by atoms with Crippen molar-refractivity contribution in [1.29, 1.82) is 0 Å². The molecule has 2 rings (SSSR count). The van der Waals surface area contributed by atoms with Crippen LogP contribution in [0.4, 0.5) is 0 Å². The third-order valence-electron chi connectivity index (χ3n) is 1.78. The summed E-state index contributed by atoms with van der Waals surface area (Å²) in [5, 5.41) is 3.40. The molecule has 0 bridgehead atoms. The second-order valence-corrected chi connectivity index (χ2v) is 3.38. The maximum absolute atomic E-state index is 5.58. The SMILES string of the molecule is Cl.NCc1cccc2ccsc12. The number of hydrogen-bond acceptors (Lipinski definition) is 2. The number of hydrogen-bond donors (Lipinski definition) is 1. The Labute approximate surface area is 81.6 Å². The van der Waals surface area contributed by atoms with Crippen LogP contribution in [0.5, 0.6) is 0 Å². The van der Waals surface area contributed by atoms with E-state index in [4.69, 9.17) is 5.73 Å². The van der Waals surface area contributed by atoms with Gasteiger partial charge in [-0.25, -0.2) is 0 Å². The van der Waals surface area contributed by atoms with Gasteiger partial charge in [0.2, 0.25) is 0 Å². The highest BCUT2D eigenvalue weighted by atomic mass is 35.5. The molecule has 0 aliphatic rings. The molecule has 2 N–H and O–H groups in total. The average molecular weight is 200 g/mol. The van der Waals surface area contributed by atoms with Gasteiger partial charge in [-0.1, -0.05) is 18.2 Å². The van der Waals surface area contributed by atoms with E-state index < -0.39 is 0 Å². The lowest BCUT2D eigenvalue weighted by Gasteiger charge is -1.96. The van der Waals surface area contributed by atoms with Crippen LogP contribution in [-0.2, 0) is 6.54 Å². The zero-order valence-corrected chi connectivity index (χ0v) is 8.12. The molecule has 0 saturated heterocycles. The second-order valence-electron chi connectivity index (χ2n) is 2.46. The van der Waals surface area contributed by atoms with Crippen LogP contribution in [0.3, 0.4) is 0 Å². The van der Waals surface area contributed by atoms with Gasteiger partial charge < -0.3 is 5.73 Å². The predicted molar refractivity (Wildman–Crippen MR) is 57.0 cm³/mol. The fourth-order valence-corrected chi connectivity index (χ4v) is 2.14. The molecule has 2 aromatic rings. The summed E-state index contributed by atoms with van der Waals surface area (Å²) in [7, 11) is 0. The first-order valence-electron chi connectivity index (χ1n) is 3.57. The molecule has 0 spiro atoms. The lowest BCUT2D eigenvalue weighted by molar-refractivity contribution is 1.09. The van der Waals surface area contributed by atoms with E-state index in [1.165, 1.54) is 15.6 Å². The highest BCUT2D eigenvalue weighted by Crippen LogP contribution is 2.23. The van der Waals surface area contributed by atoms with Gasteiger partial charge in [0.15, 0.2) is 0 Å². The lowest BCUT2D eigenvalue weighted by atomic mass is 10.2. The summed E-state index contributed by atoms with van der Waals surface area (Å²) in [6.45, 7) is 0.637. The standard InChI is InChI=1S/C9H9NS.ClH/c10-6-8-3-1-2-7-4-5-11-9(7)8;/h1-5H,6,10H2;1H. The van der Waals surface area contributed by atoms with Crippen LogP contribution < -0.4 is 5.73 Å². The molecule has 0 amide bonds. The lowest BCUT2D eigenvalue weighted by Crippen LogP contribution is -1.95. The first kappa shape index (κ1) is 9.52. The van der Waals surface area contributed by atoms with Crippen molar-refractivity contribution in [3.63, 3.8) is 0 Å². The fraction of sp³-hybridized carbons (Fsp3) is 0.111. The van der Waals surface area contributed by atoms with Crippen molar-refractivity contribution in [2.45, 2.75) is 6.54 Å². The van der Waals surface area contributed by atoms with Gasteiger partial charge in [0.25, 0.3) is 0 Å². The minimum absolute atomic E-state index is 0. The van der Waals surface area contributed by atoms with Gasteiger partial charge in [-0.3, -0.25) is 0 Å². The van der Waals surface area contributed by atoms with E-state index in [0.717, 1.165) is 0 Å². The van der Waals surface area contributed by atoms with Crippen LogP contribution in [0.15, 0.2) is 29.6 Å². The van der Waals surface area contributed by atoms with Crippen molar-refractivity contribution in [2.75, 3.05) is 0 Å². The average Bonchev–Trinajstić information content (AvgIpc) is 2.50. The molecule has 0 radical (unpaired) electrons. The number of thiophene rings is 1. The molecule has 0 aliphatic carbocycles. The Morgan fingerprint density at radius 3 is 2.83 bits per heavy atom. The van der Waals surface area contributed by atoms with Crippen molar-refractivity contribution >= 4 is 33.8 Å². The van der Waals surface area contributed by atoms with Crippen LogP contribution in [0, 0.1) is 0 Å². The van der Waals surface area contributed by atoms with Gasteiger partial charge in [-0.15, -0.1) is 23.7 Å². The van der Waals surface area contributed by atoms with E-state index in [9.17, 15) is 0 Å². The first-order valence-corrected chi connectivity index (χ1v) is 4.45. The van der Waals surface area contributed by atoms with E-state index in [2.05, 4.69) is 29.6 Å². The summed E-state index contributed by atoms with van der Waals surface area (Å²) in [6, 6.07) is 8.38. The van der Waals surface area contributed by atoms with E-state index in [1.807, 2.05) is 0 Å². The molecule has 0 fully saturated rings. The fourth-order valence-electron chi connectivity index (χ4n) is 1.22. The topological polar surface area (TPSA) is 26.0 Å². The molecule has 1 heterocycles. The van der Waals surface area contributed by atoms with Gasteiger partial charge in [0.1, 0.15) is 0 Å². The highest BCUT2D eigenvalue weighted by Gasteiger charge is 1.98. The van der Waals surface area contributed by atoms with Gasteiger partial charge in [-0.2, -0.15) is 0 Å². The van der Waals surface area contributed by atoms with Crippen molar-refractivity contribution in [2.24, 2.45) is 5.73 Å². The Kier molecular flexibility index (Phi) is 3.09. The third kappa shape index (κ3) is 1.46. The Bertz CT molecular complexity index is 369. The zero-order valence-electron chi connectivity index (χ0n) is 6.49. The predicted octanol–water partition coefficient (Wildman–Crippen LogP) is 2.78. The first-order chi connectivity index (χ1) is 5.42. The maximum Gasteiger partial charge on any atom is 0.0387 e. The Morgan fingerprint density at radius 1 is 1.25 bits per heavy atom. The van der Waals surface area contributed by atoms with Crippen molar-refractivity contribution in [1.82, 2.24) is 0 Å². The highest BCUT2D eigenvalue weighted by molar-refractivity contribution is 7.17. The molecular weight excluding hydrogens is 190 g/mol. The summed E-state index contributed by atoms with van der Waals surface area (Å²) in [5.41, 5.74) is 6.83. The second kappa shape index (κ2) is 3.90. The van der Waals surface area contributed by atoms with Crippen molar-refractivity contribution in [3.05, 3.63) is 35.2 Å². The summed E-state index contributed by atoms with van der Waals surface area (Å²) >= 11 is 1.76. The number of rotatable bonds is 1. The molecule has 3 heteroatoms. The molecule has 1 aromatic heterocycles. The smallest absolute Gasteiger partial charge is 0.0387 e. The zero-order chi connectivity index (χ0) is 7.68. The minimum Gasteiger partial charge on any atom is -0.326 e. The minimum atomic E-state index is 0. The monoisotopic (exact) mass is 199 g/mol. The van der Waals surface area contributed by atoms with Crippen LogP contribution in [-0.4, -0.2) is 0 Å². The van der Waals surface area contributed by atoms with E-state index in [-0.39, 0.29) is 12.4 Å². The molecule has 1 aromatic carbocycles. The summed E-state index contributed by atoms with van der Waals surface area (Å²) in [5.74, 6) is 0. The number of fused-ring (bicyclic) bond motifs is 1. The molecule has 1 nitrogen and oxygen atoms in total. The van der Waals surface area contributed by atoms with Gasteiger partial charge in [0, 0.05) is 11.2 Å². The Hall–Kier alpha value is -0.570. The number of nitrogens with two attached hydrogens (primary N) is 1. The van der Waals surface area contributed by atoms with Gasteiger partial charge in [0.05, 0.1) is 0 Å². The van der Waals surface area contributed by atoms with Crippen molar-refractivity contribution < 1.29 is 0 Å². The number of benzene rings is 1. The Balaban J connectivity index is 0.000000720. The summed E-state index contributed by atoms with van der Waals surface area (Å²) < 4.78 is 1.33. The number of halogens is 1. The van der Waals surface area contributed by atoms with E-state index in [1.54, 1.807) is 11.3 Å². The molecular formula is C9H10ClNS. The van der Waals surface area contributed by atoms with Crippen molar-refractivity contribution in [3.8, 4) is 0 Å². The van der Waals surface area contributed by atoms with Crippen LogP contribution in [0.1, 0.15) is 5.56 Å². The molecule has 64 valence electrons. The maximum atomic E-state index is 5.58. The third-order valence-corrected chi connectivity index (χ3v) is 2.79. The van der Waals surface area contributed by atoms with Gasteiger partial charge >= 0.3 is 0 Å². The van der Waals surface area contributed by atoms with E-state index >= 15 is 0 Å². The van der Waals surface area contributed by atoms with Crippen LogP contribution >= 0.6 is 23.7 Å². The van der Waals surface area contributed by atoms with Gasteiger partial charge in [-0.05, 0) is 22.4 Å². The normalized spacial score (nSPS) is 9.75. The Morgan fingerprint density at radius 2 is 2.08 bits per heavy atom. The largest absolute Gasteiger partial charge is 0.326 e. The molecule has 0 aliphatic heterocycles. The molecule has 0 atom stereocenters. The van der Waals surface area contributed by atoms with E-state index in [0.29, 0.717) is 6.54 Å². The van der Waals surface area contributed by atoms with Crippen LogP contribution in [0.25, 0.3) is 10.1 Å². The summed E-state index contributed by atoms with van der Waals surface area (Å²) in [6.07, 6.45) is 0. The van der Waals surface area contributed by atoms with Crippen LogP contribution in [0.2, 0.25) is 0 Å². The molecule has 12 heavy (non-hydrogen) atoms. The summed E-state index contributed by atoms with van der Waals surface area (Å²) in [4.78, 5) is 0. The molecule has 0 saturated carbocycles. The molecule has 0 unspecified atom stereocenters.